The molecule has 24 heavy (non-hydrogen) atoms. The Bertz CT molecular complexity index is 632. The van der Waals surface area contributed by atoms with E-state index >= 15 is 0 Å². The van der Waals surface area contributed by atoms with Crippen LogP contribution in [0.1, 0.15) is 12.8 Å². The number of methoxy groups -OCH3 is 2. The molecule has 130 valence electrons. The van der Waals surface area contributed by atoms with Gasteiger partial charge in [-0.3, -0.25) is 14.4 Å². The largest absolute Gasteiger partial charge is 0.495 e. The number of nitrogens with one attached hydrogen (secondary N) is 2. The molecular weight excluding hydrogens is 314 g/mol. The summed E-state index contributed by atoms with van der Waals surface area (Å²) in [6, 6.07) is 4.89. The van der Waals surface area contributed by atoms with Crippen LogP contribution in [0.2, 0.25) is 0 Å². The Morgan fingerprint density at radius 3 is 2.67 bits per heavy atom. The first-order valence-corrected chi connectivity index (χ1v) is 7.63. The molecule has 1 aromatic rings. The average Bonchev–Trinajstić information content (AvgIpc) is 3.00. The number of ether oxygens (including phenoxy) is 2. The summed E-state index contributed by atoms with van der Waals surface area (Å²) in [5, 5.41) is 4.95. The zero-order chi connectivity index (χ0) is 17.5. The molecular formula is C16H21N3O5. The van der Waals surface area contributed by atoms with Gasteiger partial charge in [-0.25, -0.2) is 0 Å². The Morgan fingerprint density at radius 2 is 2.04 bits per heavy atom. The molecule has 1 aliphatic rings. The number of carbonyl (C=O) groups excluding carboxylic acids is 3. The van der Waals surface area contributed by atoms with Crippen LogP contribution in [0.15, 0.2) is 18.2 Å². The molecule has 0 atom stereocenters. The lowest BCUT2D eigenvalue weighted by Gasteiger charge is -2.20. The number of benzene rings is 1. The van der Waals surface area contributed by atoms with E-state index in [-0.39, 0.29) is 12.5 Å². The highest BCUT2D eigenvalue weighted by atomic mass is 16.5. The molecule has 1 saturated heterocycles. The normalized spacial score (nSPS) is 13.8. The van der Waals surface area contributed by atoms with Gasteiger partial charge >= 0.3 is 11.8 Å². The van der Waals surface area contributed by atoms with Gasteiger partial charge in [0.1, 0.15) is 5.75 Å². The Hall–Kier alpha value is -2.61. The van der Waals surface area contributed by atoms with Gasteiger partial charge in [-0.15, -0.1) is 0 Å². The fourth-order valence-corrected chi connectivity index (χ4v) is 2.42. The minimum Gasteiger partial charge on any atom is -0.495 e. The average molecular weight is 335 g/mol. The van der Waals surface area contributed by atoms with Crippen LogP contribution >= 0.6 is 0 Å². The molecule has 0 bridgehead atoms. The summed E-state index contributed by atoms with van der Waals surface area (Å²) in [6.45, 7) is 1.17. The second kappa shape index (κ2) is 8.30. The first-order chi connectivity index (χ1) is 11.6. The van der Waals surface area contributed by atoms with Crippen LogP contribution in [-0.2, 0) is 19.1 Å². The van der Waals surface area contributed by atoms with Crippen LogP contribution in [0, 0.1) is 0 Å². The van der Waals surface area contributed by atoms with Crippen LogP contribution in [0.5, 0.6) is 5.75 Å². The van der Waals surface area contributed by atoms with E-state index in [0.29, 0.717) is 36.7 Å². The highest BCUT2D eigenvalue weighted by molar-refractivity contribution is 6.39. The standard InChI is InChI=1S/C16H21N3O5/c1-23-9-7-17-15(21)16(22)18-11-5-6-13(24-2)12(10-11)19-8-3-4-14(19)20/h5-6,10H,3-4,7-9H2,1-2H3,(H,17,21)(H,18,22). The second-order valence-corrected chi connectivity index (χ2v) is 5.24. The van der Waals surface area contributed by atoms with Gasteiger partial charge in [-0.05, 0) is 24.6 Å². The summed E-state index contributed by atoms with van der Waals surface area (Å²) < 4.78 is 10.1. The lowest BCUT2D eigenvalue weighted by molar-refractivity contribution is -0.136. The number of anilines is 2. The van der Waals surface area contributed by atoms with E-state index in [4.69, 9.17) is 9.47 Å². The smallest absolute Gasteiger partial charge is 0.313 e. The molecule has 0 unspecified atom stereocenters. The Labute approximate surface area is 140 Å². The van der Waals surface area contributed by atoms with Crippen LogP contribution < -0.4 is 20.3 Å². The number of carbonyl (C=O) groups is 3. The van der Waals surface area contributed by atoms with Crippen LogP contribution in [0.4, 0.5) is 11.4 Å². The van der Waals surface area contributed by atoms with Gasteiger partial charge in [0.2, 0.25) is 5.91 Å². The van der Waals surface area contributed by atoms with Gasteiger partial charge in [0, 0.05) is 32.3 Å². The summed E-state index contributed by atoms with van der Waals surface area (Å²) in [7, 11) is 3.02. The van der Waals surface area contributed by atoms with Crippen LogP contribution in [-0.4, -0.2) is 51.6 Å². The second-order valence-electron chi connectivity index (χ2n) is 5.24. The van der Waals surface area contributed by atoms with Crippen molar-refractivity contribution in [2.45, 2.75) is 12.8 Å². The van der Waals surface area contributed by atoms with Gasteiger partial charge in [0.15, 0.2) is 0 Å². The molecule has 2 rings (SSSR count). The Kier molecular flexibility index (Phi) is 6.14. The molecule has 0 saturated carbocycles. The summed E-state index contributed by atoms with van der Waals surface area (Å²) in [5.41, 5.74) is 0.995. The quantitative estimate of drug-likeness (QED) is 0.584. The Balaban J connectivity index is 2.09. The van der Waals surface area contributed by atoms with E-state index in [1.807, 2.05) is 0 Å². The molecule has 1 fully saturated rings. The summed E-state index contributed by atoms with van der Waals surface area (Å²) in [4.78, 5) is 37.1. The molecule has 0 radical (unpaired) electrons. The SMILES string of the molecule is COCCNC(=O)C(=O)Nc1ccc(OC)c(N2CCCC2=O)c1. The maximum atomic E-state index is 11.9. The molecule has 0 aliphatic carbocycles. The predicted molar refractivity (Wildman–Crippen MR) is 88.1 cm³/mol. The molecule has 3 amide bonds. The molecule has 1 aromatic carbocycles. The highest BCUT2D eigenvalue weighted by Gasteiger charge is 2.25. The van der Waals surface area contributed by atoms with Gasteiger partial charge in [0.05, 0.1) is 19.4 Å². The van der Waals surface area contributed by atoms with Crippen molar-refractivity contribution in [1.82, 2.24) is 5.32 Å². The monoisotopic (exact) mass is 335 g/mol. The number of nitrogens with zero attached hydrogens (tertiary/aromatic N) is 1. The van der Waals surface area contributed by atoms with Crippen molar-refractivity contribution in [2.24, 2.45) is 0 Å². The zero-order valence-corrected chi connectivity index (χ0v) is 13.8. The summed E-state index contributed by atoms with van der Waals surface area (Å²) >= 11 is 0. The summed E-state index contributed by atoms with van der Waals surface area (Å²) in [5.74, 6) is -0.987. The maximum absolute atomic E-state index is 11.9. The van der Waals surface area contributed by atoms with Gasteiger partial charge in [0.25, 0.3) is 0 Å². The fourth-order valence-electron chi connectivity index (χ4n) is 2.42. The van der Waals surface area contributed by atoms with E-state index in [1.165, 1.54) is 14.2 Å². The van der Waals surface area contributed by atoms with E-state index in [2.05, 4.69) is 10.6 Å². The first kappa shape index (κ1) is 17.7. The van der Waals surface area contributed by atoms with Gasteiger partial charge < -0.3 is 25.0 Å². The number of hydrogen-bond acceptors (Lipinski definition) is 5. The minimum absolute atomic E-state index is 0.00841. The van der Waals surface area contributed by atoms with Crippen molar-refractivity contribution in [2.75, 3.05) is 44.1 Å². The molecule has 2 N–H and O–H groups in total. The van der Waals surface area contributed by atoms with E-state index in [0.717, 1.165) is 6.42 Å². The lowest BCUT2D eigenvalue weighted by Crippen LogP contribution is -2.37. The van der Waals surface area contributed by atoms with Crippen molar-refractivity contribution >= 4 is 29.1 Å². The van der Waals surface area contributed by atoms with E-state index in [1.54, 1.807) is 23.1 Å². The van der Waals surface area contributed by atoms with Gasteiger partial charge in [-0.2, -0.15) is 0 Å². The van der Waals surface area contributed by atoms with Crippen molar-refractivity contribution in [3.63, 3.8) is 0 Å². The van der Waals surface area contributed by atoms with Crippen molar-refractivity contribution in [1.29, 1.82) is 0 Å². The van der Waals surface area contributed by atoms with Gasteiger partial charge in [-0.1, -0.05) is 0 Å². The van der Waals surface area contributed by atoms with E-state index in [9.17, 15) is 14.4 Å². The highest BCUT2D eigenvalue weighted by Crippen LogP contribution is 2.33. The Morgan fingerprint density at radius 1 is 1.25 bits per heavy atom. The molecule has 1 heterocycles. The topological polar surface area (TPSA) is 97.0 Å². The van der Waals surface area contributed by atoms with Crippen molar-refractivity contribution in [3.05, 3.63) is 18.2 Å². The van der Waals surface area contributed by atoms with Crippen molar-refractivity contribution < 1.29 is 23.9 Å². The zero-order valence-electron chi connectivity index (χ0n) is 13.8. The molecule has 0 aromatic heterocycles. The number of rotatable bonds is 6. The fraction of sp³-hybridized carbons (Fsp3) is 0.438. The molecule has 1 aliphatic heterocycles. The third-order valence-electron chi connectivity index (χ3n) is 3.60. The number of hydrogen-bond donors (Lipinski definition) is 2. The predicted octanol–water partition coefficient (Wildman–Crippen LogP) is 0.523. The van der Waals surface area contributed by atoms with E-state index < -0.39 is 11.8 Å². The third kappa shape index (κ3) is 4.23. The van der Waals surface area contributed by atoms with Crippen LogP contribution in [0.25, 0.3) is 0 Å². The minimum atomic E-state index is -0.782. The maximum Gasteiger partial charge on any atom is 0.313 e. The summed E-state index contributed by atoms with van der Waals surface area (Å²) in [6.07, 6.45) is 1.27. The molecule has 8 nitrogen and oxygen atoms in total. The lowest BCUT2D eigenvalue weighted by atomic mass is 10.2. The third-order valence-corrected chi connectivity index (χ3v) is 3.60. The molecule has 8 heteroatoms. The van der Waals surface area contributed by atoms with Crippen molar-refractivity contribution in [3.8, 4) is 5.75 Å². The first-order valence-electron chi connectivity index (χ1n) is 7.63. The van der Waals surface area contributed by atoms with Crippen LogP contribution in [0.3, 0.4) is 0 Å². The number of amides is 3. The molecule has 0 spiro atoms.